The molecule has 0 bridgehead atoms. The van der Waals surface area contributed by atoms with Crippen molar-refractivity contribution >= 4 is 133 Å². The number of nitrogens with two attached hydrogens (primary N) is 2. The quantitative estimate of drug-likeness (QED) is 0.00639. The highest BCUT2D eigenvalue weighted by Crippen LogP contribution is 2.22. The van der Waals surface area contributed by atoms with Gasteiger partial charge < -0.3 is 36.7 Å². The third kappa shape index (κ3) is 92.6. The smallest absolute Gasteiger partial charge is 0.475 e. The van der Waals surface area contributed by atoms with Crippen LogP contribution in [0.15, 0.2) is 123 Å². The van der Waals surface area contributed by atoms with Crippen molar-refractivity contribution < 1.29 is 133 Å². The Kier molecular flexibility index (Phi) is 74.0. The van der Waals surface area contributed by atoms with Crippen LogP contribution in [0.3, 0.4) is 0 Å². The molecule has 0 amide bonds. The molecule has 0 aliphatic heterocycles. The predicted molar refractivity (Wildman–Crippen MR) is 390 cm³/mol. The van der Waals surface area contributed by atoms with Gasteiger partial charge in [0.05, 0.1) is 42.9 Å². The third-order valence-electron chi connectivity index (χ3n) is 8.55. The third-order valence-corrected chi connectivity index (χ3v) is 15.8. The van der Waals surface area contributed by atoms with E-state index in [9.17, 15) is 51.4 Å². The number of aliphatic hydroxyl groups excluding tert-OH is 2. The monoisotopic (exact) mass is 1630 g/mol. The molecule has 0 aliphatic carbocycles. The SMILES string of the molecule is C.C.CS(=O)(=O)OO.CS(=O)(=O)OO.CS(=O)(=O)OO.CS(C)(=O)(O)OO.C[n+]1cccc(CCCS)c1.C[n+]1cccc(CCCSSCCNc2ccc[n+](C)c2)c1.C[n+]1cccc(F)c1.Fc1cccnc1.NCCSSCCN.O=C(O)C(F)(F)F.O[C@H](CS)[C@H](O)CS. The van der Waals surface area contributed by atoms with Gasteiger partial charge in [0, 0.05) is 108 Å². The lowest BCUT2D eigenvalue weighted by Crippen LogP contribution is -2.29. The standard InChI is InChI=1S/C17H25N3S2.C9H13NS.C6H7FN.C5H4FN.C4H12N2S2.C4H10O2S2.C2HF3O2.C2H8O4S.3CH4O4S.2CH4/c1-19-10-3-6-16(14-19)7-5-12-21-22-13-9-18-17-8-4-11-20(2)15-17;1-10-6-2-4-9(8-10)5-3-7-11;1-8-4-2-3-6(7)5-8;6-5-2-1-3-7-4-5;5-1-3-7-8-4-2-6;5-3(1-7)4(6)2-8;3-2(4,5)1(6)7;1-7(2,4,5)6-3;3*1-6(3,4)5-2;;/h3-4,6,8,10-11,14-15,18H,5,7,9,12-13H2,1-2H3;2,4,6,8H,3,5,7H2,1H3;2-5H,1H3;1-4H;1-6H2;3-8H,1-2H2;(H,6,7);3H,1-2H3,(H,4,5);3*2H,1H3;2*1H4/q+2;;+1;;;;;;;;;;/p+1/t;;;;;3-,4-;;;;;;;/m.....1......./s1. The van der Waals surface area contributed by atoms with Gasteiger partial charge >= 0.3 is 12.1 Å². The maximum Gasteiger partial charge on any atom is 0.490 e. The van der Waals surface area contributed by atoms with E-state index in [1.807, 2.05) is 48.1 Å². The molecule has 2 atom stereocenters. The average molecular weight is 1630 g/mol. The zero-order valence-corrected chi connectivity index (χ0v) is 63.2. The number of thiol groups is 3. The molecule has 5 aromatic heterocycles. The fourth-order valence-corrected chi connectivity index (χ4v) is 8.96. The molecule has 0 saturated heterocycles. The first-order valence-corrected chi connectivity index (χ1v) is 41.7. The zero-order valence-electron chi connectivity index (χ0n) is 54.0. The predicted octanol–water partition coefficient (Wildman–Crippen LogP) is 6.02. The first-order chi connectivity index (χ1) is 44.3. The molecule has 28 nitrogen and oxygen atoms in total. The van der Waals surface area contributed by atoms with Crippen molar-refractivity contribution in [3.63, 3.8) is 0 Å². The van der Waals surface area contributed by atoms with Crippen LogP contribution >= 0.6 is 81.1 Å². The van der Waals surface area contributed by atoms with Crippen molar-refractivity contribution in [3.05, 3.63) is 145 Å². The number of aromatic nitrogens is 5. The molecule has 574 valence electrons. The van der Waals surface area contributed by atoms with Gasteiger partial charge in [-0.2, -0.15) is 76.3 Å². The van der Waals surface area contributed by atoms with Crippen LogP contribution in [-0.2, 0) is 103 Å². The number of nitrogens with zero attached hydrogens (tertiary/aromatic N) is 5. The molecule has 13 N–H and O–H groups in total. The van der Waals surface area contributed by atoms with Gasteiger partial charge in [0.25, 0.3) is 30.4 Å². The number of halogens is 5. The molecule has 5 rings (SSSR count). The fourth-order valence-electron chi connectivity index (χ4n) is 4.61. The number of aliphatic hydroxyl groups is 2. The first-order valence-electron chi connectivity index (χ1n) is 26.7. The lowest BCUT2D eigenvalue weighted by Gasteiger charge is -2.20. The van der Waals surface area contributed by atoms with Crippen molar-refractivity contribution in [2.45, 2.75) is 58.9 Å². The summed E-state index contributed by atoms with van der Waals surface area (Å²) in [5.74, 6) is 2.69. The molecule has 44 heteroatoms. The molecule has 0 spiro atoms. The van der Waals surface area contributed by atoms with E-state index >= 15 is 0 Å². The Hall–Kier alpha value is -3.40. The number of pyridine rings is 5. The molecule has 98 heavy (non-hydrogen) atoms. The molecule has 0 unspecified atom stereocenters. The minimum Gasteiger partial charge on any atom is -0.475 e. The van der Waals surface area contributed by atoms with Crippen molar-refractivity contribution in [2.75, 3.05) is 96.5 Å². The maximum atomic E-state index is 12.1. The Balaban J connectivity index is -0.000000157. The molecule has 5 heterocycles. The van der Waals surface area contributed by atoms with Gasteiger partial charge in [-0.3, -0.25) is 4.98 Å². The molecule has 0 fully saturated rings. The number of hydrogen-bond donors (Lipinski definition) is 14. The summed E-state index contributed by atoms with van der Waals surface area (Å²) in [6, 6.07) is 18.7. The number of carbonyl (C=O) groups is 1. The number of nitrogens with one attached hydrogen (secondary N) is 1. The van der Waals surface area contributed by atoms with E-state index in [0.29, 0.717) is 0 Å². The van der Waals surface area contributed by atoms with Gasteiger partial charge in [-0.1, -0.05) is 58.0 Å². The summed E-state index contributed by atoms with van der Waals surface area (Å²) in [6.07, 6.45) is 20.7. The number of anilines is 1. The second-order valence-corrected chi connectivity index (χ2v) is 33.2. The van der Waals surface area contributed by atoms with E-state index in [1.165, 1.54) is 66.1 Å². The summed E-state index contributed by atoms with van der Waals surface area (Å²) in [5, 5.41) is 57.7. The summed E-state index contributed by atoms with van der Waals surface area (Å²) in [6.45, 7) is 2.54. The number of carboxylic acids is 1. The molecular formula is C54H101F5N8O20S11+4. The normalized spacial score (nSPS) is 11.4. The van der Waals surface area contributed by atoms with Crippen molar-refractivity contribution in [1.29, 1.82) is 0 Å². The van der Waals surface area contributed by atoms with Gasteiger partial charge in [-0.05, 0) is 67.8 Å². The maximum absolute atomic E-state index is 12.1. The molecule has 0 radical (unpaired) electrons. The van der Waals surface area contributed by atoms with Crippen LogP contribution in [0, 0.1) is 11.6 Å². The van der Waals surface area contributed by atoms with Gasteiger partial charge in [-0.25, -0.2) is 57.1 Å². The highest BCUT2D eigenvalue weighted by molar-refractivity contribution is 8.77. The Morgan fingerprint density at radius 1 is 0.622 bits per heavy atom. The summed E-state index contributed by atoms with van der Waals surface area (Å²) in [4.78, 5) is 12.4. The Morgan fingerprint density at radius 2 is 0.959 bits per heavy atom. The molecular weight excluding hydrogens is 1530 g/mol. The summed E-state index contributed by atoms with van der Waals surface area (Å²) < 4.78 is 151. The van der Waals surface area contributed by atoms with E-state index in [2.05, 4.69) is 147 Å². The van der Waals surface area contributed by atoms with Crippen LogP contribution in [0.5, 0.6) is 0 Å². The minimum atomic E-state index is -5.08. The number of carboxylic acid groups (broad SMARTS) is 1. The van der Waals surface area contributed by atoms with E-state index in [1.54, 1.807) is 51.5 Å². The number of aliphatic carboxylic acids is 1. The number of alkyl halides is 3. The van der Waals surface area contributed by atoms with Crippen LogP contribution in [0.2, 0.25) is 0 Å². The van der Waals surface area contributed by atoms with Crippen molar-refractivity contribution in [1.82, 2.24) is 4.98 Å². The summed E-state index contributed by atoms with van der Waals surface area (Å²) in [7, 11) is 0.584. The van der Waals surface area contributed by atoms with Crippen LogP contribution in [-0.4, -0.2) is 191 Å². The van der Waals surface area contributed by atoms with E-state index in [-0.39, 0.29) is 38.0 Å². The number of aryl methyl sites for hydroxylation is 6. The van der Waals surface area contributed by atoms with Crippen LogP contribution in [0.25, 0.3) is 0 Å². The minimum absolute atomic E-state index is 0. The van der Waals surface area contributed by atoms with Crippen LogP contribution in [0.1, 0.15) is 38.8 Å². The summed E-state index contributed by atoms with van der Waals surface area (Å²) in [5.41, 5.74) is 14.5. The van der Waals surface area contributed by atoms with Gasteiger partial charge in [0.15, 0.2) is 49.2 Å². The lowest BCUT2D eigenvalue weighted by molar-refractivity contribution is -0.673. The van der Waals surface area contributed by atoms with Gasteiger partial charge in [0.2, 0.25) is 6.20 Å². The number of hydrogen-bond acceptors (Lipinski definition) is 29. The fraction of sp³-hybridized carbons (Fsp3) is 0.519. The van der Waals surface area contributed by atoms with Crippen LogP contribution in [0.4, 0.5) is 27.6 Å². The van der Waals surface area contributed by atoms with E-state index in [0.717, 1.165) is 86.8 Å². The second-order valence-electron chi connectivity index (χ2n) is 18.5. The van der Waals surface area contributed by atoms with Crippen molar-refractivity contribution in [2.24, 2.45) is 39.7 Å². The topological polar surface area (TPSA) is 428 Å². The lowest BCUT2D eigenvalue weighted by atomic mass is 10.2. The van der Waals surface area contributed by atoms with Gasteiger partial charge in [-0.15, -0.1) is 17.3 Å². The first kappa shape index (κ1) is 111. The Labute approximate surface area is 606 Å². The molecule has 0 aromatic carbocycles. The zero-order chi connectivity index (χ0) is 75.5. The molecule has 0 saturated carbocycles. The van der Waals surface area contributed by atoms with Gasteiger partial charge in [0.1, 0.15) is 43.6 Å². The Morgan fingerprint density at radius 3 is 1.22 bits per heavy atom. The largest absolute Gasteiger partial charge is 0.490 e. The Bertz CT molecular complexity index is 2990. The highest BCUT2D eigenvalue weighted by Gasteiger charge is 2.38. The highest BCUT2D eigenvalue weighted by atomic mass is 33.1. The second kappa shape index (κ2) is 65.6. The molecule has 5 aromatic rings. The average Bonchev–Trinajstić information content (AvgIpc) is 0.941. The summed E-state index contributed by atoms with van der Waals surface area (Å²) >= 11 is 11.7. The van der Waals surface area contributed by atoms with E-state index in [4.69, 9.17) is 57.2 Å². The van der Waals surface area contributed by atoms with E-state index < -0.39 is 64.3 Å². The number of rotatable bonds is 24. The van der Waals surface area contributed by atoms with Crippen molar-refractivity contribution in [3.8, 4) is 0 Å². The van der Waals surface area contributed by atoms with Crippen LogP contribution < -0.4 is 35.1 Å². The molecule has 0 aliphatic rings.